The van der Waals surface area contributed by atoms with E-state index in [9.17, 15) is 0 Å². The van der Waals surface area contributed by atoms with Crippen molar-refractivity contribution < 1.29 is 16.4 Å². The van der Waals surface area contributed by atoms with E-state index >= 15 is 0 Å². The Balaban J connectivity index is 0. The molecule has 0 aromatic carbocycles. The molecule has 0 unspecified atom stereocenters. The van der Waals surface area contributed by atoms with Gasteiger partial charge in [0.1, 0.15) is 0 Å². The van der Waals surface area contributed by atoms with Crippen molar-refractivity contribution in [1.29, 1.82) is 0 Å². The van der Waals surface area contributed by atoms with Gasteiger partial charge in [0.2, 0.25) is 0 Å². The van der Waals surface area contributed by atoms with Gasteiger partial charge in [-0.25, -0.2) is 0 Å². The molecule has 0 amide bonds. The molecule has 6 N–H and O–H groups in total. The average Bonchev–Trinajstić information content (AvgIpc) is 0. The van der Waals surface area contributed by atoms with E-state index in [1.54, 1.807) is 0 Å². The van der Waals surface area contributed by atoms with Crippen LogP contribution in [0.15, 0.2) is 0 Å². The molecule has 0 saturated carbocycles. The van der Waals surface area contributed by atoms with Gasteiger partial charge in [0, 0.05) is 27.3 Å². The fourth-order valence-electron chi connectivity index (χ4n) is 0. The summed E-state index contributed by atoms with van der Waals surface area (Å²) in [7, 11) is 0. The molecule has 0 atom stereocenters. The van der Waals surface area contributed by atoms with E-state index in [-0.39, 0.29) is 61.1 Å². The van der Waals surface area contributed by atoms with Crippen molar-refractivity contribution in [3.63, 3.8) is 0 Å². The molecule has 5 heavy (non-hydrogen) atoms. The summed E-state index contributed by atoms with van der Waals surface area (Å²) in [4.78, 5) is 0. The minimum absolute atomic E-state index is 0. The zero-order valence-corrected chi connectivity index (χ0v) is 7.62. The van der Waals surface area contributed by atoms with Gasteiger partial charge >= 0.3 is 17.4 Å². The van der Waals surface area contributed by atoms with Gasteiger partial charge in [-0.2, -0.15) is 0 Å². The molecule has 3 nitrogen and oxygen atoms in total. The Morgan fingerprint density at radius 2 is 0.600 bits per heavy atom. The maximum atomic E-state index is 0. The van der Waals surface area contributed by atoms with Crippen molar-refractivity contribution in [3.8, 4) is 0 Å². The van der Waals surface area contributed by atoms with E-state index in [4.69, 9.17) is 0 Å². The Bertz CT molecular complexity index is 6.85. The molecule has 0 aliphatic rings. The molecule has 0 rings (SSSR count). The summed E-state index contributed by atoms with van der Waals surface area (Å²) in [6.07, 6.45) is 0. The normalized spacial score (nSPS) is 0. The third-order valence-corrected chi connectivity index (χ3v) is 0. The Kier molecular flexibility index (Phi) is 1140. The molecule has 0 saturated heterocycles. The molecular weight excluding hydrogens is 282 g/mol. The van der Waals surface area contributed by atoms with Gasteiger partial charge in [0.25, 0.3) is 0 Å². The van der Waals surface area contributed by atoms with Crippen LogP contribution in [0.2, 0.25) is 0 Å². The van der Waals surface area contributed by atoms with Crippen LogP contribution < -0.4 is 0 Å². The Labute approximate surface area is 61.0 Å². The topological polar surface area (TPSA) is 94.5 Å². The minimum atomic E-state index is 0. The molecular formula is H6AlO3Pb+3. The van der Waals surface area contributed by atoms with Crippen LogP contribution in [0.3, 0.4) is 0 Å². The monoisotopic (exact) mass is 289 g/mol. The molecule has 0 bridgehead atoms. The first-order valence-electron chi connectivity index (χ1n) is 0. The largest absolute Gasteiger partial charge is 3.00 e. The van der Waals surface area contributed by atoms with Crippen molar-refractivity contribution in [2.75, 3.05) is 0 Å². The Hall–Kier alpha value is 1.33. The van der Waals surface area contributed by atoms with Crippen LogP contribution in [0.1, 0.15) is 0 Å². The van der Waals surface area contributed by atoms with E-state index in [0.717, 1.165) is 0 Å². The van der Waals surface area contributed by atoms with E-state index in [0.29, 0.717) is 0 Å². The SMILES string of the molecule is O.O.O.[Al+3].[Pb]. The first-order valence-corrected chi connectivity index (χ1v) is 0. The smallest absolute Gasteiger partial charge is 0.412 e. The van der Waals surface area contributed by atoms with E-state index in [1.165, 1.54) is 0 Å². The quantitative estimate of drug-likeness (QED) is 0.419. The summed E-state index contributed by atoms with van der Waals surface area (Å²) < 4.78 is 0. The number of rotatable bonds is 0. The minimum Gasteiger partial charge on any atom is -0.412 e. The predicted octanol–water partition coefficient (Wildman–Crippen LogP) is -3.24. The summed E-state index contributed by atoms with van der Waals surface area (Å²) >= 11 is 0. The molecule has 4 radical (unpaired) electrons. The van der Waals surface area contributed by atoms with Crippen LogP contribution in [0.25, 0.3) is 0 Å². The predicted molar refractivity (Wildman–Crippen MR) is 22.3 cm³/mol. The maximum absolute atomic E-state index is 0. The second-order valence-corrected chi connectivity index (χ2v) is 0. The van der Waals surface area contributed by atoms with Crippen molar-refractivity contribution >= 4 is 44.7 Å². The number of hydrogen-bond donors (Lipinski definition) is 0. The van der Waals surface area contributed by atoms with Crippen molar-refractivity contribution in [1.82, 2.24) is 0 Å². The second kappa shape index (κ2) is 56.3. The van der Waals surface area contributed by atoms with Crippen molar-refractivity contribution in [3.05, 3.63) is 0 Å². The molecule has 0 fully saturated rings. The van der Waals surface area contributed by atoms with Gasteiger partial charge in [-0.05, 0) is 0 Å². The third-order valence-electron chi connectivity index (χ3n) is 0. The van der Waals surface area contributed by atoms with E-state index < -0.39 is 0 Å². The standard InChI is InChI=1S/Al.3H2O.Pb/h;3*1H2;/q+3;;;;. The molecule has 0 aliphatic heterocycles. The van der Waals surface area contributed by atoms with Crippen LogP contribution in [0.4, 0.5) is 0 Å². The summed E-state index contributed by atoms with van der Waals surface area (Å²) in [6.45, 7) is 0. The fraction of sp³-hybridized carbons (Fsp3) is 0. The number of hydrogen-bond acceptors (Lipinski definition) is 0. The van der Waals surface area contributed by atoms with E-state index in [1.807, 2.05) is 0 Å². The van der Waals surface area contributed by atoms with Gasteiger partial charge in [-0.1, -0.05) is 0 Å². The van der Waals surface area contributed by atoms with Crippen molar-refractivity contribution in [2.24, 2.45) is 0 Å². The van der Waals surface area contributed by atoms with E-state index in [2.05, 4.69) is 0 Å². The molecule has 28 valence electrons. The fourth-order valence-corrected chi connectivity index (χ4v) is 0. The van der Waals surface area contributed by atoms with Gasteiger partial charge in [0.15, 0.2) is 0 Å². The van der Waals surface area contributed by atoms with Gasteiger partial charge in [-0.3, -0.25) is 0 Å². The first-order chi connectivity index (χ1) is 0. The second-order valence-electron chi connectivity index (χ2n) is 0. The molecule has 0 aliphatic carbocycles. The van der Waals surface area contributed by atoms with Crippen LogP contribution in [0, 0.1) is 0 Å². The molecule has 0 aromatic heterocycles. The van der Waals surface area contributed by atoms with Gasteiger partial charge in [-0.15, -0.1) is 0 Å². The summed E-state index contributed by atoms with van der Waals surface area (Å²) in [5, 5.41) is 0. The molecule has 5 heteroatoms. The Morgan fingerprint density at radius 1 is 0.600 bits per heavy atom. The maximum Gasteiger partial charge on any atom is 3.00 e. The molecule has 0 aromatic rings. The van der Waals surface area contributed by atoms with Crippen molar-refractivity contribution in [2.45, 2.75) is 0 Å². The zero-order valence-electron chi connectivity index (χ0n) is 2.58. The molecule has 0 spiro atoms. The van der Waals surface area contributed by atoms with Crippen LogP contribution in [-0.2, 0) is 0 Å². The van der Waals surface area contributed by atoms with Crippen LogP contribution in [0.5, 0.6) is 0 Å². The summed E-state index contributed by atoms with van der Waals surface area (Å²) in [6, 6.07) is 0. The van der Waals surface area contributed by atoms with Crippen LogP contribution in [-0.4, -0.2) is 61.1 Å². The summed E-state index contributed by atoms with van der Waals surface area (Å²) in [5.74, 6) is 0. The molecule has 0 heterocycles. The third kappa shape index (κ3) is 33.3. The zero-order chi connectivity index (χ0) is 0. The Morgan fingerprint density at radius 3 is 0.600 bits per heavy atom. The van der Waals surface area contributed by atoms with Gasteiger partial charge < -0.3 is 16.4 Å². The van der Waals surface area contributed by atoms with Gasteiger partial charge in [0.05, 0.1) is 0 Å². The first kappa shape index (κ1) is 101. The van der Waals surface area contributed by atoms with Crippen LogP contribution >= 0.6 is 0 Å². The summed E-state index contributed by atoms with van der Waals surface area (Å²) in [5.41, 5.74) is 0. The average molecular weight is 288 g/mol.